The van der Waals surface area contributed by atoms with E-state index < -0.39 is 10.0 Å². The number of hydrogen-bond acceptors (Lipinski definition) is 3. The first-order valence-corrected chi connectivity index (χ1v) is 10.7. The second kappa shape index (κ2) is 7.46. The second-order valence-corrected chi connectivity index (χ2v) is 9.31. The molecule has 1 heterocycles. The second-order valence-electron chi connectivity index (χ2n) is 7.41. The van der Waals surface area contributed by atoms with Crippen molar-refractivity contribution in [3.63, 3.8) is 0 Å². The minimum absolute atomic E-state index is 0.190. The van der Waals surface area contributed by atoms with E-state index in [1.807, 2.05) is 30.9 Å². The Kier molecular flexibility index (Phi) is 5.49. The van der Waals surface area contributed by atoms with Gasteiger partial charge in [-0.05, 0) is 44.2 Å². The molecule has 0 aromatic heterocycles. The molecule has 0 radical (unpaired) electrons. The molecule has 0 spiro atoms. The summed E-state index contributed by atoms with van der Waals surface area (Å²) >= 11 is 0. The van der Waals surface area contributed by atoms with Gasteiger partial charge in [0.15, 0.2) is 0 Å². The fourth-order valence-corrected chi connectivity index (χ4v) is 5.62. The zero-order valence-corrected chi connectivity index (χ0v) is 16.0. The normalized spacial score (nSPS) is 20.2. The number of rotatable bonds is 4. The lowest BCUT2D eigenvalue weighted by Gasteiger charge is -2.34. The Morgan fingerprint density at radius 3 is 2.32 bits per heavy atom. The average Bonchev–Trinajstić information content (AvgIpc) is 3.07. The summed E-state index contributed by atoms with van der Waals surface area (Å²) < 4.78 is 27.3. The van der Waals surface area contributed by atoms with Gasteiger partial charge in [-0.3, -0.25) is 4.79 Å². The van der Waals surface area contributed by atoms with Crippen LogP contribution in [0.1, 0.15) is 43.2 Å². The number of piperazine rings is 1. The van der Waals surface area contributed by atoms with Gasteiger partial charge in [-0.25, -0.2) is 8.42 Å². The Balaban J connectivity index is 1.62. The first-order valence-electron chi connectivity index (χ1n) is 9.23. The topological polar surface area (TPSA) is 57.7 Å². The maximum Gasteiger partial charge on any atom is 0.243 e. The van der Waals surface area contributed by atoms with E-state index in [1.165, 1.54) is 17.1 Å². The molecule has 0 unspecified atom stereocenters. The van der Waals surface area contributed by atoms with Crippen LogP contribution in [0, 0.1) is 19.8 Å². The number of carbonyl (C=O) groups excluding carboxylic acids is 1. The summed E-state index contributed by atoms with van der Waals surface area (Å²) in [5.74, 6) is 0.722. The van der Waals surface area contributed by atoms with Crippen LogP contribution in [0.15, 0.2) is 23.1 Å². The van der Waals surface area contributed by atoms with Crippen LogP contribution in [0.4, 0.5) is 0 Å². The average molecular weight is 365 g/mol. The fourth-order valence-electron chi connectivity index (χ4n) is 4.00. The van der Waals surface area contributed by atoms with Crippen LogP contribution in [0.2, 0.25) is 0 Å². The molecule has 1 aromatic rings. The predicted octanol–water partition coefficient (Wildman–Crippen LogP) is 2.72. The van der Waals surface area contributed by atoms with E-state index in [0.29, 0.717) is 43.4 Å². The molecule has 1 aliphatic heterocycles. The van der Waals surface area contributed by atoms with E-state index in [0.717, 1.165) is 24.0 Å². The van der Waals surface area contributed by atoms with Crippen LogP contribution in [-0.2, 0) is 14.8 Å². The molecule has 5 nitrogen and oxygen atoms in total. The van der Waals surface area contributed by atoms with E-state index in [9.17, 15) is 13.2 Å². The molecule has 0 N–H and O–H groups in total. The molecule has 1 amide bonds. The predicted molar refractivity (Wildman–Crippen MR) is 97.8 cm³/mol. The Morgan fingerprint density at radius 1 is 1.08 bits per heavy atom. The van der Waals surface area contributed by atoms with Gasteiger partial charge >= 0.3 is 0 Å². The standard InChI is InChI=1S/C19H28N2O3S/c1-15-7-8-18(16(2)13-15)25(23,24)21-11-9-20(10-12-21)19(22)14-17-5-3-4-6-17/h7-8,13,17H,3-6,9-12,14H2,1-2H3. The van der Waals surface area contributed by atoms with Gasteiger partial charge in [-0.1, -0.05) is 30.5 Å². The summed E-state index contributed by atoms with van der Waals surface area (Å²) in [4.78, 5) is 14.6. The zero-order chi connectivity index (χ0) is 18.0. The smallest absolute Gasteiger partial charge is 0.243 e. The molecular weight excluding hydrogens is 336 g/mol. The minimum atomic E-state index is -3.49. The van der Waals surface area contributed by atoms with Crippen molar-refractivity contribution in [3.8, 4) is 0 Å². The SMILES string of the molecule is Cc1ccc(S(=O)(=O)N2CCN(C(=O)CC3CCCC3)CC2)c(C)c1. The maximum atomic E-state index is 12.9. The van der Waals surface area contributed by atoms with E-state index in [2.05, 4.69) is 0 Å². The summed E-state index contributed by atoms with van der Waals surface area (Å²) in [6.07, 6.45) is 5.42. The number of nitrogens with zero attached hydrogens (tertiary/aromatic N) is 2. The summed E-state index contributed by atoms with van der Waals surface area (Å²) in [5.41, 5.74) is 1.83. The van der Waals surface area contributed by atoms with Gasteiger partial charge in [-0.15, -0.1) is 0 Å². The molecule has 1 aliphatic carbocycles. The molecule has 1 aromatic carbocycles. The molecule has 25 heavy (non-hydrogen) atoms. The third-order valence-corrected chi connectivity index (χ3v) is 7.54. The Morgan fingerprint density at radius 2 is 1.72 bits per heavy atom. The molecule has 1 saturated carbocycles. The highest BCUT2D eigenvalue weighted by Gasteiger charge is 2.31. The van der Waals surface area contributed by atoms with E-state index in [4.69, 9.17) is 0 Å². The lowest BCUT2D eigenvalue weighted by molar-refractivity contribution is -0.133. The number of sulfonamides is 1. The van der Waals surface area contributed by atoms with Crippen molar-refractivity contribution in [2.75, 3.05) is 26.2 Å². The van der Waals surface area contributed by atoms with Crippen molar-refractivity contribution in [2.45, 2.75) is 50.8 Å². The van der Waals surface area contributed by atoms with Crippen LogP contribution >= 0.6 is 0 Å². The van der Waals surface area contributed by atoms with Gasteiger partial charge in [-0.2, -0.15) is 4.31 Å². The highest BCUT2D eigenvalue weighted by atomic mass is 32.2. The minimum Gasteiger partial charge on any atom is -0.340 e. The van der Waals surface area contributed by atoms with E-state index in [-0.39, 0.29) is 5.91 Å². The highest BCUT2D eigenvalue weighted by molar-refractivity contribution is 7.89. The first-order chi connectivity index (χ1) is 11.9. The van der Waals surface area contributed by atoms with Crippen molar-refractivity contribution in [3.05, 3.63) is 29.3 Å². The lowest BCUT2D eigenvalue weighted by atomic mass is 10.0. The van der Waals surface area contributed by atoms with Crippen LogP contribution in [0.25, 0.3) is 0 Å². The molecule has 138 valence electrons. The molecule has 1 saturated heterocycles. The molecule has 2 aliphatic rings. The fraction of sp³-hybridized carbons (Fsp3) is 0.632. The largest absolute Gasteiger partial charge is 0.340 e. The summed E-state index contributed by atoms with van der Waals surface area (Å²) in [6.45, 7) is 5.54. The monoisotopic (exact) mass is 364 g/mol. The highest BCUT2D eigenvalue weighted by Crippen LogP contribution is 2.28. The summed E-state index contributed by atoms with van der Waals surface area (Å²) in [5, 5.41) is 0. The lowest BCUT2D eigenvalue weighted by Crippen LogP contribution is -2.50. The van der Waals surface area contributed by atoms with Crippen molar-refractivity contribution in [2.24, 2.45) is 5.92 Å². The molecule has 3 rings (SSSR count). The van der Waals surface area contributed by atoms with Gasteiger partial charge in [0.1, 0.15) is 0 Å². The Labute approximate surface area is 151 Å². The molecular formula is C19H28N2O3S. The number of amides is 1. The molecule has 2 fully saturated rings. The van der Waals surface area contributed by atoms with Gasteiger partial charge in [0.05, 0.1) is 4.90 Å². The van der Waals surface area contributed by atoms with Crippen molar-refractivity contribution >= 4 is 15.9 Å². The third kappa shape index (κ3) is 4.06. The van der Waals surface area contributed by atoms with E-state index in [1.54, 1.807) is 6.07 Å². The summed E-state index contributed by atoms with van der Waals surface area (Å²) in [6, 6.07) is 5.42. The van der Waals surface area contributed by atoms with Crippen LogP contribution in [0.5, 0.6) is 0 Å². The number of hydrogen-bond donors (Lipinski definition) is 0. The van der Waals surface area contributed by atoms with Crippen LogP contribution in [0.3, 0.4) is 0 Å². The molecule has 0 bridgehead atoms. The maximum absolute atomic E-state index is 12.9. The van der Waals surface area contributed by atoms with Crippen LogP contribution < -0.4 is 0 Å². The first kappa shape index (κ1) is 18.4. The summed E-state index contributed by atoms with van der Waals surface area (Å²) in [7, 11) is -3.49. The quantitative estimate of drug-likeness (QED) is 0.825. The molecule has 6 heteroatoms. The Bertz CT molecular complexity index is 731. The number of benzene rings is 1. The van der Waals surface area contributed by atoms with Crippen molar-refractivity contribution in [1.82, 2.24) is 9.21 Å². The van der Waals surface area contributed by atoms with Crippen molar-refractivity contribution < 1.29 is 13.2 Å². The molecule has 0 atom stereocenters. The van der Waals surface area contributed by atoms with Gasteiger partial charge in [0.25, 0.3) is 0 Å². The van der Waals surface area contributed by atoms with Gasteiger partial charge < -0.3 is 4.90 Å². The zero-order valence-electron chi connectivity index (χ0n) is 15.2. The number of aryl methyl sites for hydroxylation is 2. The third-order valence-electron chi connectivity index (χ3n) is 5.48. The van der Waals surface area contributed by atoms with Gasteiger partial charge in [0.2, 0.25) is 15.9 Å². The Hall–Kier alpha value is -1.40. The van der Waals surface area contributed by atoms with Gasteiger partial charge in [0, 0.05) is 32.6 Å². The van der Waals surface area contributed by atoms with Crippen molar-refractivity contribution in [1.29, 1.82) is 0 Å². The van der Waals surface area contributed by atoms with Crippen LogP contribution in [-0.4, -0.2) is 49.7 Å². The van der Waals surface area contributed by atoms with E-state index >= 15 is 0 Å². The number of carbonyl (C=O) groups is 1.